The molecule has 0 unspecified atom stereocenters. The molecule has 0 atom stereocenters. The van der Waals surface area contributed by atoms with Crippen LogP contribution in [-0.2, 0) is 0 Å². The van der Waals surface area contributed by atoms with Crippen LogP contribution in [0.1, 0.15) is 36.2 Å². The predicted octanol–water partition coefficient (Wildman–Crippen LogP) is 2.51. The zero-order chi connectivity index (χ0) is 21.1. The Bertz CT molecular complexity index is 1030. The Balaban J connectivity index is 1.34. The number of benzene rings is 1. The lowest BCUT2D eigenvalue weighted by Gasteiger charge is -2.30. The first-order valence-corrected chi connectivity index (χ1v) is 9.96. The zero-order valence-corrected chi connectivity index (χ0v) is 17.1. The molecule has 0 bridgehead atoms. The number of nitrogens with one attached hydrogen (secondary N) is 1. The third-order valence-corrected chi connectivity index (χ3v) is 5.16. The molecule has 1 aliphatic rings. The molecule has 30 heavy (non-hydrogen) atoms. The minimum atomic E-state index is -0.162. The van der Waals surface area contributed by atoms with Crippen molar-refractivity contribution < 1.29 is 9.53 Å². The molecule has 9 heteroatoms. The average Bonchev–Trinajstić information content (AvgIpc) is 2.75. The van der Waals surface area contributed by atoms with Crippen molar-refractivity contribution in [3.63, 3.8) is 0 Å². The molecule has 3 N–H and O–H groups in total. The highest BCUT2D eigenvalue weighted by Crippen LogP contribution is 2.30. The molecule has 0 radical (unpaired) electrons. The average molecular weight is 407 g/mol. The molecular weight excluding hydrogens is 382 g/mol. The summed E-state index contributed by atoms with van der Waals surface area (Å²) in [5.74, 6) is 1.19. The first-order chi connectivity index (χ1) is 14.5. The van der Waals surface area contributed by atoms with Gasteiger partial charge in [0.15, 0.2) is 0 Å². The fraction of sp³-hybridized carbons (Fsp3) is 0.381. The quantitative estimate of drug-likeness (QED) is 0.619. The smallest absolute Gasteiger partial charge is 0.273 e. The summed E-state index contributed by atoms with van der Waals surface area (Å²) in [6.07, 6.45) is 10.2. The van der Waals surface area contributed by atoms with Crippen molar-refractivity contribution in [1.82, 2.24) is 24.8 Å². The second-order valence-corrected chi connectivity index (χ2v) is 7.67. The lowest BCUT2D eigenvalue weighted by molar-refractivity contribution is 0.0821. The standard InChI is InChI=1S/C21H25N7O2/c1-28(2)21(29)17-11-26-19(12-25-17)27-14-3-5-15(6-4-14)30-18-10-13(22)9-16-20(18)24-8-7-23-16/h7-12,14-15H,3-6,22H2,1-2H3,(H,26,27). The number of anilines is 2. The van der Waals surface area contributed by atoms with Crippen molar-refractivity contribution in [3.05, 3.63) is 42.6 Å². The van der Waals surface area contributed by atoms with Gasteiger partial charge in [0.2, 0.25) is 0 Å². The Hall–Kier alpha value is -3.49. The van der Waals surface area contributed by atoms with Crippen LogP contribution in [0.15, 0.2) is 36.9 Å². The fourth-order valence-corrected chi connectivity index (χ4v) is 3.61. The molecule has 0 spiro atoms. The van der Waals surface area contributed by atoms with Gasteiger partial charge in [-0.25, -0.2) is 15.0 Å². The van der Waals surface area contributed by atoms with Crippen LogP contribution < -0.4 is 15.8 Å². The van der Waals surface area contributed by atoms with E-state index in [1.54, 1.807) is 38.8 Å². The number of rotatable bonds is 5. The van der Waals surface area contributed by atoms with Gasteiger partial charge >= 0.3 is 0 Å². The third kappa shape index (κ3) is 4.40. The minimum absolute atomic E-state index is 0.0984. The van der Waals surface area contributed by atoms with Gasteiger partial charge in [-0.2, -0.15) is 0 Å². The molecule has 2 heterocycles. The molecule has 0 aliphatic heterocycles. The van der Waals surface area contributed by atoms with Gasteiger partial charge in [-0.15, -0.1) is 0 Å². The molecule has 9 nitrogen and oxygen atoms in total. The second kappa shape index (κ2) is 8.48. The Morgan fingerprint density at radius 3 is 2.53 bits per heavy atom. The Kier molecular flexibility index (Phi) is 5.60. The van der Waals surface area contributed by atoms with Crippen LogP contribution in [-0.4, -0.2) is 57.0 Å². The van der Waals surface area contributed by atoms with E-state index in [0.29, 0.717) is 22.9 Å². The van der Waals surface area contributed by atoms with E-state index in [-0.39, 0.29) is 18.1 Å². The Labute approximate surface area is 174 Å². The first-order valence-electron chi connectivity index (χ1n) is 9.96. The number of carbonyl (C=O) groups excluding carboxylic acids is 1. The van der Waals surface area contributed by atoms with Gasteiger partial charge in [-0.3, -0.25) is 9.78 Å². The molecule has 0 saturated heterocycles. The molecule has 1 aromatic carbocycles. The van der Waals surface area contributed by atoms with Crippen LogP contribution in [0.3, 0.4) is 0 Å². The van der Waals surface area contributed by atoms with Gasteiger partial charge in [-0.1, -0.05) is 0 Å². The van der Waals surface area contributed by atoms with Crippen molar-refractivity contribution in [3.8, 4) is 5.75 Å². The summed E-state index contributed by atoms with van der Waals surface area (Å²) >= 11 is 0. The zero-order valence-electron chi connectivity index (χ0n) is 17.1. The number of hydrogen-bond donors (Lipinski definition) is 2. The van der Waals surface area contributed by atoms with Crippen molar-refractivity contribution in [2.75, 3.05) is 25.1 Å². The summed E-state index contributed by atoms with van der Waals surface area (Å²) in [4.78, 5) is 30.6. The number of aromatic nitrogens is 4. The molecule has 1 aliphatic carbocycles. The molecular formula is C21H25N7O2. The highest BCUT2D eigenvalue weighted by Gasteiger charge is 2.24. The normalized spacial score (nSPS) is 18.7. The van der Waals surface area contributed by atoms with Crippen molar-refractivity contribution >= 4 is 28.4 Å². The van der Waals surface area contributed by atoms with Crippen molar-refractivity contribution in [2.24, 2.45) is 0 Å². The van der Waals surface area contributed by atoms with Gasteiger partial charge < -0.3 is 20.7 Å². The highest BCUT2D eigenvalue weighted by molar-refractivity contribution is 5.91. The summed E-state index contributed by atoms with van der Waals surface area (Å²) < 4.78 is 6.23. The summed E-state index contributed by atoms with van der Waals surface area (Å²) in [6.45, 7) is 0. The lowest BCUT2D eigenvalue weighted by atomic mass is 9.93. The van der Waals surface area contributed by atoms with E-state index in [0.717, 1.165) is 36.7 Å². The highest BCUT2D eigenvalue weighted by atomic mass is 16.5. The number of nitrogens with two attached hydrogens (primary N) is 1. The largest absolute Gasteiger partial charge is 0.488 e. The number of nitrogens with zero attached hydrogens (tertiary/aromatic N) is 5. The molecule has 1 fully saturated rings. The van der Waals surface area contributed by atoms with Gasteiger partial charge in [0.1, 0.15) is 22.8 Å². The molecule has 3 aromatic rings. The number of amides is 1. The van der Waals surface area contributed by atoms with Crippen molar-refractivity contribution in [1.29, 1.82) is 0 Å². The molecule has 4 rings (SSSR count). The molecule has 2 aromatic heterocycles. The maximum Gasteiger partial charge on any atom is 0.273 e. The second-order valence-electron chi connectivity index (χ2n) is 7.67. The number of ether oxygens (including phenoxy) is 1. The number of fused-ring (bicyclic) bond motifs is 1. The van der Waals surface area contributed by atoms with E-state index in [1.807, 2.05) is 6.07 Å². The Morgan fingerprint density at radius 2 is 1.83 bits per heavy atom. The van der Waals surface area contributed by atoms with Crippen LogP contribution in [0.2, 0.25) is 0 Å². The van der Waals surface area contributed by atoms with Crippen LogP contribution in [0, 0.1) is 0 Å². The summed E-state index contributed by atoms with van der Waals surface area (Å²) in [7, 11) is 3.38. The summed E-state index contributed by atoms with van der Waals surface area (Å²) in [5.41, 5.74) is 8.40. The fourth-order valence-electron chi connectivity index (χ4n) is 3.61. The van der Waals surface area contributed by atoms with E-state index < -0.39 is 0 Å². The van der Waals surface area contributed by atoms with E-state index in [4.69, 9.17) is 10.5 Å². The van der Waals surface area contributed by atoms with Gasteiger partial charge in [0.05, 0.1) is 24.0 Å². The summed E-state index contributed by atoms with van der Waals surface area (Å²) in [6, 6.07) is 3.90. The van der Waals surface area contributed by atoms with Gasteiger partial charge in [0.25, 0.3) is 5.91 Å². The predicted molar refractivity (Wildman–Crippen MR) is 114 cm³/mol. The third-order valence-electron chi connectivity index (χ3n) is 5.16. The van der Waals surface area contributed by atoms with Gasteiger partial charge in [0, 0.05) is 44.3 Å². The Morgan fingerprint density at radius 1 is 1.07 bits per heavy atom. The van der Waals surface area contributed by atoms with Crippen LogP contribution in [0.25, 0.3) is 11.0 Å². The number of nitrogen functional groups attached to an aromatic ring is 1. The molecule has 156 valence electrons. The number of hydrogen-bond acceptors (Lipinski definition) is 8. The van der Waals surface area contributed by atoms with E-state index in [2.05, 4.69) is 25.3 Å². The van der Waals surface area contributed by atoms with Gasteiger partial charge in [-0.05, 0) is 31.7 Å². The summed E-state index contributed by atoms with van der Waals surface area (Å²) in [5, 5.41) is 3.40. The minimum Gasteiger partial charge on any atom is -0.488 e. The van der Waals surface area contributed by atoms with Crippen LogP contribution in [0.4, 0.5) is 11.5 Å². The molecule has 1 amide bonds. The first kappa shape index (κ1) is 19.8. The van der Waals surface area contributed by atoms with Crippen LogP contribution >= 0.6 is 0 Å². The van der Waals surface area contributed by atoms with Crippen LogP contribution in [0.5, 0.6) is 5.75 Å². The van der Waals surface area contributed by atoms with E-state index in [1.165, 1.54) is 11.1 Å². The maximum atomic E-state index is 11.9. The van der Waals surface area contributed by atoms with Crippen molar-refractivity contribution in [2.45, 2.75) is 37.8 Å². The topological polar surface area (TPSA) is 119 Å². The monoisotopic (exact) mass is 407 g/mol. The SMILES string of the molecule is CN(C)C(=O)c1cnc(NC2CCC(Oc3cc(N)cc4nccnc34)CC2)cn1. The van der Waals surface area contributed by atoms with E-state index in [9.17, 15) is 4.79 Å². The number of carbonyl (C=O) groups is 1. The van der Waals surface area contributed by atoms with E-state index >= 15 is 0 Å². The molecule has 1 saturated carbocycles. The lowest BCUT2D eigenvalue weighted by Crippen LogP contribution is -2.31. The maximum absolute atomic E-state index is 11.9.